The summed E-state index contributed by atoms with van der Waals surface area (Å²) in [4.78, 5) is 37.4. The summed E-state index contributed by atoms with van der Waals surface area (Å²) < 4.78 is 12.9. The minimum absolute atomic E-state index is 0.254. The van der Waals surface area contributed by atoms with E-state index in [4.69, 9.17) is 32.5 Å². The Morgan fingerprint density at radius 2 is 1.29 bits per heavy atom. The fourth-order valence-electron chi connectivity index (χ4n) is 5.06. The molecule has 7 rings (SSSR count). The first kappa shape index (κ1) is 38.5. The molecule has 2 amide bonds. The molecule has 14 heteroatoms. The Bertz CT molecular complexity index is 2260. The van der Waals surface area contributed by atoms with Crippen LogP contribution in [0, 0.1) is 0 Å². The molecule has 1 saturated heterocycles. The van der Waals surface area contributed by atoms with Gasteiger partial charge in [0.15, 0.2) is 0 Å². The Labute approximate surface area is 320 Å². The normalized spacial score (nSPS) is 14.1. The highest BCUT2D eigenvalue weighted by Crippen LogP contribution is 2.37. The van der Waals surface area contributed by atoms with Gasteiger partial charge in [-0.15, -0.1) is 0 Å². The first-order valence-corrected chi connectivity index (χ1v) is 17.6. The lowest BCUT2D eigenvalue weighted by Gasteiger charge is -2.32. The molecule has 6 aromatic rings. The maximum Gasteiger partial charge on any atom is 0.496 e. The zero-order valence-electron chi connectivity index (χ0n) is 28.9. The van der Waals surface area contributed by atoms with Gasteiger partial charge in [0.2, 0.25) is 11.8 Å². The predicted molar refractivity (Wildman–Crippen MR) is 215 cm³/mol. The molecule has 52 heavy (non-hydrogen) atoms. The number of hydrogen-bond donors (Lipinski definition) is 4. The number of rotatable bonds is 6. The van der Waals surface area contributed by atoms with E-state index in [0.717, 1.165) is 43.1 Å². The Morgan fingerprint density at radius 3 is 1.88 bits per heavy atom. The molecule has 0 spiro atoms. The summed E-state index contributed by atoms with van der Waals surface area (Å²) in [5, 5.41) is 8.68. The summed E-state index contributed by atoms with van der Waals surface area (Å²) in [5.74, 6) is -0.509. The number of H-pyrrole nitrogens is 2. The van der Waals surface area contributed by atoms with E-state index in [1.165, 1.54) is 12.2 Å². The molecule has 0 aliphatic carbocycles. The molecule has 10 nitrogen and oxygen atoms in total. The molecule has 0 atom stereocenters. The van der Waals surface area contributed by atoms with E-state index in [-0.39, 0.29) is 11.8 Å². The smallest absolute Gasteiger partial charge is 0.399 e. The van der Waals surface area contributed by atoms with E-state index >= 15 is 0 Å². The lowest BCUT2D eigenvalue weighted by molar-refractivity contribution is -0.112. The van der Waals surface area contributed by atoms with E-state index in [9.17, 15) is 9.59 Å². The fraction of sp³-hybridized carbons (Fsp3) is 0.158. The van der Waals surface area contributed by atoms with Crippen LogP contribution in [0.3, 0.4) is 0 Å². The van der Waals surface area contributed by atoms with E-state index in [0.29, 0.717) is 21.4 Å². The van der Waals surface area contributed by atoms with Gasteiger partial charge in [-0.05, 0) is 80.0 Å². The number of aromatic nitrogens is 4. The van der Waals surface area contributed by atoms with Crippen LogP contribution in [0.2, 0.25) is 10.0 Å². The number of nitrogens with zero attached hydrogens (tertiary/aromatic N) is 2. The van der Waals surface area contributed by atoms with Crippen molar-refractivity contribution in [2.75, 3.05) is 10.6 Å². The quantitative estimate of drug-likeness (QED) is 0.0981. The average molecular weight is 802 g/mol. The molecule has 1 aliphatic rings. The van der Waals surface area contributed by atoms with Gasteiger partial charge >= 0.3 is 7.12 Å². The molecule has 0 saturated carbocycles. The van der Waals surface area contributed by atoms with Gasteiger partial charge in [-0.1, -0.05) is 72.8 Å². The number of amides is 2. The van der Waals surface area contributed by atoms with Crippen LogP contribution in [0.5, 0.6) is 0 Å². The Balaban J connectivity index is 0.000000158. The van der Waals surface area contributed by atoms with Gasteiger partial charge in [0, 0.05) is 68.0 Å². The predicted octanol–water partition coefficient (Wildman–Crippen LogP) is 9.10. The number of anilines is 2. The summed E-state index contributed by atoms with van der Waals surface area (Å²) in [5.41, 5.74) is 4.67. The van der Waals surface area contributed by atoms with Crippen LogP contribution in [-0.4, -0.2) is 50.1 Å². The maximum absolute atomic E-state index is 11.5. The number of pyridine rings is 2. The van der Waals surface area contributed by atoms with E-state index in [1.54, 1.807) is 24.8 Å². The number of benzene rings is 2. The highest BCUT2D eigenvalue weighted by Gasteiger charge is 2.52. The monoisotopic (exact) mass is 800 g/mol. The minimum Gasteiger partial charge on any atom is -0.399 e. The first-order valence-electron chi connectivity index (χ1n) is 16.0. The lowest BCUT2D eigenvalue weighted by atomic mass is 9.78. The van der Waals surface area contributed by atoms with Crippen molar-refractivity contribution in [2.24, 2.45) is 0 Å². The number of halogens is 3. The highest BCUT2D eigenvalue weighted by atomic mass is 79.9. The van der Waals surface area contributed by atoms with Crippen LogP contribution in [-0.2, 0) is 18.9 Å². The second kappa shape index (κ2) is 16.3. The molecular weight excluding hydrogens is 766 g/mol. The van der Waals surface area contributed by atoms with Crippen LogP contribution in [0.15, 0.2) is 115 Å². The number of carbonyl (C=O) groups excluding carboxylic acids is 2. The molecule has 5 heterocycles. The van der Waals surface area contributed by atoms with E-state index in [2.05, 4.69) is 59.7 Å². The van der Waals surface area contributed by atoms with Crippen molar-refractivity contribution in [3.05, 3.63) is 125 Å². The molecular formula is C38H36BBrCl2N6O4. The van der Waals surface area contributed by atoms with Crippen LogP contribution < -0.4 is 16.1 Å². The van der Waals surface area contributed by atoms with Gasteiger partial charge < -0.3 is 29.9 Å². The van der Waals surface area contributed by atoms with Gasteiger partial charge in [0.25, 0.3) is 0 Å². The van der Waals surface area contributed by atoms with Gasteiger partial charge in [0.05, 0.1) is 21.2 Å². The summed E-state index contributed by atoms with van der Waals surface area (Å²) >= 11 is 15.3. The summed E-state index contributed by atoms with van der Waals surface area (Å²) in [6, 6.07) is 18.8. The van der Waals surface area contributed by atoms with Crippen LogP contribution in [0.1, 0.15) is 27.7 Å². The third-order valence-electron chi connectivity index (χ3n) is 8.52. The molecule has 4 aromatic heterocycles. The lowest BCUT2D eigenvalue weighted by Crippen LogP contribution is -2.41. The summed E-state index contributed by atoms with van der Waals surface area (Å²) in [7, 11) is -0.499. The van der Waals surface area contributed by atoms with E-state index in [1.807, 2.05) is 88.4 Å². The standard InChI is InChI=1S/C16H12ClN3O.C15H20BNO3.C7H4BrClN2/c1-2-15(21)20-14-6-4-3-5-11(14)10-7-12-13(17)9-19-16(12)18-8-10;1-6-13(18)17-12-10-8-7-9-11(12)16-19-14(2,3)15(4,5)20-16;8-4-1-5-6(9)3-11-7(5)10-2-4/h2-9H,1H2,(H,18,19)(H,20,21);6-10H,1H2,2-5H3,(H,17,18);1-3H,(H,10,11). The molecule has 1 aliphatic heterocycles. The number of nitrogens with one attached hydrogen (secondary N) is 4. The van der Waals surface area contributed by atoms with Crippen molar-refractivity contribution in [1.82, 2.24) is 19.9 Å². The number of carbonyl (C=O) groups is 2. The second-order valence-electron chi connectivity index (χ2n) is 12.6. The minimum atomic E-state index is -0.499. The molecule has 0 unspecified atom stereocenters. The fourth-order valence-corrected chi connectivity index (χ4v) is 5.79. The van der Waals surface area contributed by atoms with Crippen molar-refractivity contribution in [2.45, 2.75) is 38.9 Å². The van der Waals surface area contributed by atoms with Crippen molar-refractivity contribution in [3.8, 4) is 11.1 Å². The second-order valence-corrected chi connectivity index (χ2v) is 14.3. The molecule has 4 N–H and O–H groups in total. The number of hydrogen-bond acceptors (Lipinski definition) is 6. The third kappa shape index (κ3) is 8.83. The Morgan fingerprint density at radius 1 is 0.788 bits per heavy atom. The van der Waals surface area contributed by atoms with Crippen molar-refractivity contribution < 1.29 is 18.9 Å². The van der Waals surface area contributed by atoms with Crippen molar-refractivity contribution >= 4 is 97.0 Å². The van der Waals surface area contributed by atoms with Gasteiger partial charge in [-0.25, -0.2) is 9.97 Å². The van der Waals surface area contributed by atoms with Crippen molar-refractivity contribution in [3.63, 3.8) is 0 Å². The largest absolute Gasteiger partial charge is 0.496 e. The Kier molecular flexibility index (Phi) is 12.1. The maximum atomic E-state index is 11.5. The van der Waals surface area contributed by atoms with Gasteiger partial charge in [-0.2, -0.15) is 0 Å². The topological polar surface area (TPSA) is 134 Å². The van der Waals surface area contributed by atoms with Gasteiger partial charge in [-0.3, -0.25) is 9.59 Å². The zero-order valence-corrected chi connectivity index (χ0v) is 32.0. The van der Waals surface area contributed by atoms with Crippen LogP contribution in [0.4, 0.5) is 11.4 Å². The molecule has 266 valence electrons. The number of aromatic amines is 2. The van der Waals surface area contributed by atoms with Crippen LogP contribution in [0.25, 0.3) is 33.2 Å². The number of fused-ring (bicyclic) bond motifs is 2. The molecule has 0 bridgehead atoms. The third-order valence-corrected chi connectivity index (χ3v) is 9.58. The highest BCUT2D eigenvalue weighted by molar-refractivity contribution is 9.10. The average Bonchev–Trinajstić information content (AvgIpc) is 3.75. The molecule has 0 radical (unpaired) electrons. The summed E-state index contributed by atoms with van der Waals surface area (Å²) in [6.45, 7) is 14.9. The van der Waals surface area contributed by atoms with E-state index < -0.39 is 18.3 Å². The molecule has 2 aromatic carbocycles. The van der Waals surface area contributed by atoms with Gasteiger partial charge in [0.1, 0.15) is 11.3 Å². The number of para-hydroxylation sites is 2. The SMILES string of the molecule is C=CC(=O)Nc1ccccc1-c1cnc2[nH]cc(Cl)c2c1.C=CC(=O)Nc1ccccc1B1OC(C)(C)C(C)(C)O1.Clc1c[nH]c2ncc(Br)cc12. The first-order chi connectivity index (χ1) is 24.7. The zero-order chi connectivity index (χ0) is 37.6. The molecule has 1 fully saturated rings. The van der Waals surface area contributed by atoms with Crippen molar-refractivity contribution in [1.29, 1.82) is 0 Å². The Hall–Kier alpha value is -4.72. The summed E-state index contributed by atoms with van der Waals surface area (Å²) in [6.07, 6.45) is 9.38. The van der Waals surface area contributed by atoms with Crippen LogP contribution >= 0.6 is 39.1 Å².